The molecule has 0 rings (SSSR count). The number of halogens is 5. The molecule has 54 valence electrons. The lowest BCUT2D eigenvalue weighted by molar-refractivity contribution is 0.0362. The van der Waals surface area contributed by atoms with Gasteiger partial charge in [0.1, 0.15) is 0 Å². The molecule has 0 spiro atoms. The molecule has 0 atom stereocenters. The van der Waals surface area contributed by atoms with Gasteiger partial charge in [-0.3, -0.25) is 0 Å². The molecule has 0 aliphatic carbocycles. The third kappa shape index (κ3) is 2.84. The Kier molecular flexibility index (Phi) is 2.66. The lowest BCUT2D eigenvalue weighted by Gasteiger charge is -2.04. The molecule has 0 aromatic heterocycles. The fraction of sp³-hybridized carbons (Fsp3) is 0.500. The standard InChI is InChI=1S/C4H3BrF4/c1-4(8,9)2(6)3(5)7/h1H3. The van der Waals surface area contributed by atoms with Crippen molar-refractivity contribution in [1.29, 1.82) is 0 Å². The van der Waals surface area contributed by atoms with Crippen LogP contribution in [-0.4, -0.2) is 5.92 Å². The van der Waals surface area contributed by atoms with Gasteiger partial charge in [0.15, 0.2) is 0 Å². The zero-order valence-corrected chi connectivity index (χ0v) is 5.98. The molecule has 0 aromatic carbocycles. The van der Waals surface area contributed by atoms with Gasteiger partial charge in [-0.15, -0.1) is 0 Å². The monoisotopic (exact) mass is 206 g/mol. The van der Waals surface area contributed by atoms with E-state index in [4.69, 9.17) is 0 Å². The third-order valence-corrected chi connectivity index (χ3v) is 0.899. The van der Waals surface area contributed by atoms with Gasteiger partial charge in [0.05, 0.1) is 0 Å². The van der Waals surface area contributed by atoms with Gasteiger partial charge in [-0.25, -0.2) is 4.39 Å². The van der Waals surface area contributed by atoms with Crippen molar-refractivity contribution < 1.29 is 17.6 Å². The minimum absolute atomic E-state index is 0.267. The summed E-state index contributed by atoms with van der Waals surface area (Å²) in [6.45, 7) is 0.267. The molecule has 0 bridgehead atoms. The van der Waals surface area contributed by atoms with Gasteiger partial charge in [0.2, 0.25) is 10.6 Å². The van der Waals surface area contributed by atoms with Gasteiger partial charge in [-0.2, -0.15) is 13.2 Å². The second-order valence-electron chi connectivity index (χ2n) is 1.46. The van der Waals surface area contributed by atoms with Gasteiger partial charge in [0, 0.05) is 6.92 Å². The quantitative estimate of drug-likeness (QED) is 0.579. The van der Waals surface area contributed by atoms with E-state index in [9.17, 15) is 17.6 Å². The summed E-state index contributed by atoms with van der Waals surface area (Å²) < 4.78 is 44.9. The van der Waals surface area contributed by atoms with E-state index in [0.29, 0.717) is 0 Å². The van der Waals surface area contributed by atoms with E-state index in [-0.39, 0.29) is 6.92 Å². The highest BCUT2D eigenvalue weighted by atomic mass is 79.9. The number of hydrogen-bond acceptors (Lipinski definition) is 0. The highest BCUT2D eigenvalue weighted by Gasteiger charge is 2.31. The zero-order chi connectivity index (χ0) is 7.65. The molecule has 0 amide bonds. The maximum absolute atomic E-state index is 11.7. The smallest absolute Gasteiger partial charge is 0.201 e. The number of rotatable bonds is 1. The molecule has 9 heavy (non-hydrogen) atoms. The fourth-order valence-electron chi connectivity index (χ4n) is 0.166. The summed E-state index contributed by atoms with van der Waals surface area (Å²) in [7, 11) is 0. The third-order valence-electron chi connectivity index (χ3n) is 0.551. The second-order valence-corrected chi connectivity index (χ2v) is 2.16. The summed E-state index contributed by atoms with van der Waals surface area (Å²) in [5.41, 5.74) is 0. The van der Waals surface area contributed by atoms with Crippen molar-refractivity contribution in [3.05, 3.63) is 10.6 Å². The van der Waals surface area contributed by atoms with E-state index in [2.05, 4.69) is 0 Å². The normalized spacial score (nSPS) is 15.3. The first-order valence-electron chi connectivity index (χ1n) is 1.94. The van der Waals surface area contributed by atoms with Gasteiger partial charge in [-0.05, 0) is 15.9 Å². The average molecular weight is 207 g/mol. The van der Waals surface area contributed by atoms with Crippen molar-refractivity contribution in [2.24, 2.45) is 0 Å². The molecule has 0 unspecified atom stereocenters. The van der Waals surface area contributed by atoms with Gasteiger partial charge >= 0.3 is 0 Å². The van der Waals surface area contributed by atoms with E-state index in [0.717, 1.165) is 0 Å². The van der Waals surface area contributed by atoms with E-state index in [1.807, 2.05) is 15.9 Å². The topological polar surface area (TPSA) is 0 Å². The van der Waals surface area contributed by atoms with E-state index >= 15 is 0 Å². The van der Waals surface area contributed by atoms with Gasteiger partial charge in [0.25, 0.3) is 5.92 Å². The molecule has 0 fully saturated rings. The maximum Gasteiger partial charge on any atom is 0.299 e. The average Bonchev–Trinajstić information content (AvgIpc) is 1.62. The van der Waals surface area contributed by atoms with Crippen LogP contribution in [0.4, 0.5) is 17.6 Å². The SMILES string of the molecule is CC(F)(F)C(F)=C(F)Br. The van der Waals surface area contributed by atoms with Crippen molar-refractivity contribution in [2.45, 2.75) is 12.8 Å². The summed E-state index contributed by atoms with van der Waals surface area (Å²) in [4.78, 5) is 0. The van der Waals surface area contributed by atoms with Crippen LogP contribution in [0.3, 0.4) is 0 Å². The summed E-state index contributed by atoms with van der Waals surface area (Å²) in [5, 5.41) is 0. The highest BCUT2D eigenvalue weighted by molar-refractivity contribution is 9.11. The van der Waals surface area contributed by atoms with Crippen molar-refractivity contribution in [3.63, 3.8) is 0 Å². The minimum atomic E-state index is -3.73. The Hall–Kier alpha value is -0.0600. The highest BCUT2D eigenvalue weighted by Crippen LogP contribution is 2.29. The fourth-order valence-corrected chi connectivity index (χ4v) is 0.514. The van der Waals surface area contributed by atoms with Gasteiger partial charge < -0.3 is 0 Å². The van der Waals surface area contributed by atoms with Crippen LogP contribution in [-0.2, 0) is 0 Å². The Labute approximate surface area is 57.7 Å². The van der Waals surface area contributed by atoms with E-state index in [1.165, 1.54) is 0 Å². The molecule has 0 heterocycles. The number of allylic oxidation sites excluding steroid dienone is 1. The second kappa shape index (κ2) is 2.68. The summed E-state index contributed by atoms with van der Waals surface area (Å²) in [6, 6.07) is 0. The molecule has 0 radical (unpaired) electrons. The molecule has 0 aromatic rings. The lowest BCUT2D eigenvalue weighted by Crippen LogP contribution is -2.10. The largest absolute Gasteiger partial charge is 0.299 e. The molecule has 0 saturated carbocycles. The maximum atomic E-state index is 11.7. The van der Waals surface area contributed by atoms with E-state index < -0.39 is 16.5 Å². The summed E-state index contributed by atoms with van der Waals surface area (Å²) >= 11 is 1.93. The molecule has 0 aliphatic rings. The molecule has 0 N–H and O–H groups in total. The van der Waals surface area contributed by atoms with Crippen molar-refractivity contribution in [1.82, 2.24) is 0 Å². The number of alkyl halides is 2. The van der Waals surface area contributed by atoms with Crippen LogP contribution in [0.5, 0.6) is 0 Å². The van der Waals surface area contributed by atoms with Crippen LogP contribution in [0.2, 0.25) is 0 Å². The molecule has 5 heteroatoms. The van der Waals surface area contributed by atoms with Crippen LogP contribution in [0.1, 0.15) is 6.92 Å². The molecule has 0 aliphatic heterocycles. The molecule has 0 saturated heterocycles. The Balaban J connectivity index is 4.40. The minimum Gasteiger partial charge on any atom is -0.201 e. The van der Waals surface area contributed by atoms with Crippen LogP contribution < -0.4 is 0 Å². The predicted molar refractivity (Wildman–Crippen MR) is 28.8 cm³/mol. The Bertz CT molecular complexity index is 130. The molecular formula is C4H3BrF4. The van der Waals surface area contributed by atoms with Crippen LogP contribution in [0.25, 0.3) is 0 Å². The molecular weight excluding hydrogens is 204 g/mol. The van der Waals surface area contributed by atoms with Crippen molar-refractivity contribution >= 4 is 15.9 Å². The predicted octanol–water partition coefficient (Wildman–Crippen LogP) is 3.14. The van der Waals surface area contributed by atoms with Gasteiger partial charge in [-0.1, -0.05) is 0 Å². The van der Waals surface area contributed by atoms with Crippen LogP contribution >= 0.6 is 15.9 Å². The number of hydrogen-bond donors (Lipinski definition) is 0. The molecule has 0 nitrogen and oxygen atoms in total. The van der Waals surface area contributed by atoms with Crippen LogP contribution in [0, 0.1) is 0 Å². The Morgan fingerprint density at radius 3 is 1.67 bits per heavy atom. The van der Waals surface area contributed by atoms with Crippen molar-refractivity contribution in [3.8, 4) is 0 Å². The Morgan fingerprint density at radius 2 is 1.67 bits per heavy atom. The van der Waals surface area contributed by atoms with Crippen LogP contribution in [0.15, 0.2) is 10.6 Å². The lowest BCUT2D eigenvalue weighted by atomic mass is 10.4. The Morgan fingerprint density at radius 1 is 1.33 bits per heavy atom. The summed E-state index contributed by atoms with van der Waals surface area (Å²) in [5.74, 6) is -5.81. The van der Waals surface area contributed by atoms with E-state index in [1.54, 1.807) is 0 Å². The first kappa shape index (κ1) is 8.94. The summed E-state index contributed by atoms with van der Waals surface area (Å²) in [6.07, 6.45) is 0. The first-order valence-corrected chi connectivity index (χ1v) is 2.74. The first-order chi connectivity index (χ1) is 3.85. The zero-order valence-electron chi connectivity index (χ0n) is 4.39. The van der Waals surface area contributed by atoms with Crippen molar-refractivity contribution in [2.75, 3.05) is 0 Å².